The number of anilines is 1. The normalized spacial score (nSPS) is 10.0. The van der Waals surface area contributed by atoms with Gasteiger partial charge in [0.25, 0.3) is 5.69 Å². The third-order valence-electron chi connectivity index (χ3n) is 2.94. The van der Waals surface area contributed by atoms with E-state index in [0.29, 0.717) is 0 Å². The van der Waals surface area contributed by atoms with Crippen molar-refractivity contribution in [3.8, 4) is 11.8 Å². The SMILES string of the molecule is COC(=O)c1c(N)c(C#N)cn1-c1cc(F)ccc1[N+](=O)[O-]. The molecule has 2 N–H and O–H groups in total. The lowest BCUT2D eigenvalue weighted by Crippen LogP contribution is -2.12. The largest absolute Gasteiger partial charge is 0.464 e. The minimum atomic E-state index is -0.905. The third-order valence-corrected chi connectivity index (χ3v) is 2.94. The maximum atomic E-state index is 13.5. The van der Waals surface area contributed by atoms with Crippen molar-refractivity contribution in [2.45, 2.75) is 0 Å². The highest BCUT2D eigenvalue weighted by molar-refractivity contribution is 5.96. The standard InChI is InChI=1S/C13H9FN4O4/c1-22-13(19)12-11(16)7(5-15)6-17(12)10-4-8(14)2-3-9(10)18(20)21/h2-4,6H,16H2,1H3. The quantitative estimate of drug-likeness (QED) is 0.523. The number of esters is 1. The van der Waals surface area contributed by atoms with Crippen LogP contribution >= 0.6 is 0 Å². The first kappa shape index (κ1) is 15.0. The number of nitro benzene ring substituents is 1. The number of nitrogens with two attached hydrogens (primary N) is 1. The number of rotatable bonds is 3. The summed E-state index contributed by atoms with van der Waals surface area (Å²) in [5.41, 5.74) is 4.43. The summed E-state index contributed by atoms with van der Waals surface area (Å²) in [6.07, 6.45) is 1.11. The number of aromatic nitrogens is 1. The van der Waals surface area contributed by atoms with Crippen molar-refractivity contribution in [3.05, 3.63) is 51.6 Å². The van der Waals surface area contributed by atoms with Gasteiger partial charge >= 0.3 is 5.97 Å². The smallest absolute Gasteiger partial charge is 0.357 e. The van der Waals surface area contributed by atoms with E-state index in [2.05, 4.69) is 4.74 Å². The molecule has 0 aliphatic heterocycles. The van der Waals surface area contributed by atoms with Gasteiger partial charge in [0.15, 0.2) is 5.69 Å². The monoisotopic (exact) mass is 304 g/mol. The Bertz CT molecular complexity index is 822. The highest BCUT2D eigenvalue weighted by Crippen LogP contribution is 2.30. The lowest BCUT2D eigenvalue weighted by atomic mass is 10.2. The van der Waals surface area contributed by atoms with Crippen LogP contribution in [-0.4, -0.2) is 22.6 Å². The van der Waals surface area contributed by atoms with Crippen LogP contribution in [0.3, 0.4) is 0 Å². The predicted molar refractivity (Wildman–Crippen MR) is 72.8 cm³/mol. The number of halogens is 1. The Morgan fingerprint density at radius 1 is 1.55 bits per heavy atom. The number of nitriles is 1. The van der Waals surface area contributed by atoms with Crippen LogP contribution in [-0.2, 0) is 4.74 Å². The average molecular weight is 304 g/mol. The Labute approximate surface area is 123 Å². The molecule has 2 rings (SSSR count). The van der Waals surface area contributed by atoms with Crippen molar-refractivity contribution in [1.82, 2.24) is 4.57 Å². The first-order valence-corrected chi connectivity index (χ1v) is 5.84. The summed E-state index contributed by atoms with van der Waals surface area (Å²) in [5.74, 6) is -1.65. The van der Waals surface area contributed by atoms with Gasteiger partial charge in [-0.15, -0.1) is 0 Å². The molecule has 9 heteroatoms. The number of benzene rings is 1. The number of carbonyl (C=O) groups excluding carboxylic acids is 1. The van der Waals surface area contributed by atoms with Crippen LogP contribution in [0.25, 0.3) is 5.69 Å². The molecule has 0 aliphatic rings. The summed E-state index contributed by atoms with van der Waals surface area (Å²) in [7, 11) is 1.09. The minimum Gasteiger partial charge on any atom is -0.464 e. The van der Waals surface area contributed by atoms with Gasteiger partial charge in [-0.05, 0) is 6.07 Å². The topological polar surface area (TPSA) is 124 Å². The fraction of sp³-hybridized carbons (Fsp3) is 0.0769. The number of ether oxygens (including phenoxy) is 1. The second-order valence-corrected chi connectivity index (χ2v) is 4.17. The van der Waals surface area contributed by atoms with E-state index in [0.717, 1.165) is 36.1 Å². The Morgan fingerprint density at radius 3 is 2.77 bits per heavy atom. The summed E-state index contributed by atoms with van der Waals surface area (Å²) in [6.45, 7) is 0. The Hall–Kier alpha value is -3.41. The van der Waals surface area contributed by atoms with Crippen molar-refractivity contribution in [3.63, 3.8) is 0 Å². The fourth-order valence-corrected chi connectivity index (χ4v) is 1.95. The maximum Gasteiger partial charge on any atom is 0.357 e. The first-order valence-electron chi connectivity index (χ1n) is 5.84. The molecule has 8 nitrogen and oxygen atoms in total. The van der Waals surface area contributed by atoms with Crippen LogP contribution in [0.5, 0.6) is 0 Å². The number of carbonyl (C=O) groups is 1. The first-order chi connectivity index (χ1) is 10.4. The Morgan fingerprint density at radius 2 is 2.23 bits per heavy atom. The van der Waals surface area contributed by atoms with Gasteiger partial charge in [0, 0.05) is 18.3 Å². The van der Waals surface area contributed by atoms with Gasteiger partial charge in [-0.25, -0.2) is 9.18 Å². The van der Waals surface area contributed by atoms with E-state index < -0.39 is 22.4 Å². The summed E-state index contributed by atoms with van der Waals surface area (Å²) < 4.78 is 19.0. The average Bonchev–Trinajstić information content (AvgIpc) is 2.82. The van der Waals surface area contributed by atoms with Crippen molar-refractivity contribution in [1.29, 1.82) is 5.26 Å². The molecule has 1 aromatic carbocycles. The Balaban J connectivity index is 2.84. The van der Waals surface area contributed by atoms with Crippen LogP contribution in [0, 0.1) is 27.3 Å². The molecule has 1 heterocycles. The molecule has 0 fully saturated rings. The molecule has 2 aromatic rings. The number of nitro groups is 1. The number of nitrogens with zero attached hydrogens (tertiary/aromatic N) is 3. The molecule has 0 unspecified atom stereocenters. The lowest BCUT2D eigenvalue weighted by molar-refractivity contribution is -0.384. The van der Waals surface area contributed by atoms with Crippen LogP contribution in [0.15, 0.2) is 24.4 Å². The third kappa shape index (κ3) is 2.33. The van der Waals surface area contributed by atoms with E-state index in [-0.39, 0.29) is 22.6 Å². The molecule has 0 saturated carbocycles. The van der Waals surface area contributed by atoms with Crippen molar-refractivity contribution >= 4 is 17.3 Å². The lowest BCUT2D eigenvalue weighted by Gasteiger charge is -2.09. The second-order valence-electron chi connectivity index (χ2n) is 4.17. The van der Waals surface area contributed by atoms with E-state index in [1.807, 2.05) is 0 Å². The van der Waals surface area contributed by atoms with Gasteiger partial charge in [-0.1, -0.05) is 0 Å². The predicted octanol–water partition coefficient (Wildman–Crippen LogP) is 1.77. The van der Waals surface area contributed by atoms with Crippen molar-refractivity contribution < 1.29 is 18.8 Å². The molecule has 112 valence electrons. The van der Waals surface area contributed by atoms with Gasteiger partial charge in [0.2, 0.25) is 0 Å². The van der Waals surface area contributed by atoms with E-state index in [1.165, 1.54) is 0 Å². The summed E-state index contributed by atoms with van der Waals surface area (Å²) >= 11 is 0. The van der Waals surface area contributed by atoms with Crippen molar-refractivity contribution in [2.24, 2.45) is 0 Å². The zero-order chi connectivity index (χ0) is 16.4. The van der Waals surface area contributed by atoms with Crippen molar-refractivity contribution in [2.75, 3.05) is 12.8 Å². The number of nitrogen functional groups attached to an aromatic ring is 1. The second kappa shape index (κ2) is 5.53. The maximum absolute atomic E-state index is 13.5. The van der Waals surface area contributed by atoms with Crippen LogP contribution in [0.2, 0.25) is 0 Å². The summed E-state index contributed by atoms with van der Waals surface area (Å²) in [6, 6.07) is 4.48. The molecule has 0 bridgehead atoms. The molecular formula is C13H9FN4O4. The molecule has 0 spiro atoms. The van der Waals surface area contributed by atoms with Crippen LogP contribution < -0.4 is 5.73 Å². The highest BCUT2D eigenvalue weighted by Gasteiger charge is 2.26. The van der Waals surface area contributed by atoms with Gasteiger partial charge in [0.1, 0.15) is 17.6 Å². The highest BCUT2D eigenvalue weighted by atomic mass is 19.1. The van der Waals surface area contributed by atoms with Gasteiger partial charge in [-0.3, -0.25) is 10.1 Å². The van der Waals surface area contributed by atoms with Crippen LogP contribution in [0.4, 0.5) is 15.8 Å². The molecule has 22 heavy (non-hydrogen) atoms. The van der Waals surface area contributed by atoms with E-state index in [4.69, 9.17) is 11.0 Å². The Kier molecular flexibility index (Phi) is 3.77. The zero-order valence-corrected chi connectivity index (χ0v) is 11.2. The van der Waals surface area contributed by atoms with E-state index in [9.17, 15) is 19.3 Å². The van der Waals surface area contributed by atoms with Gasteiger partial charge in [0.05, 0.1) is 23.3 Å². The molecule has 0 aliphatic carbocycles. The van der Waals surface area contributed by atoms with Gasteiger partial charge < -0.3 is 15.0 Å². The number of hydrogen-bond acceptors (Lipinski definition) is 6. The molecule has 1 aromatic heterocycles. The zero-order valence-electron chi connectivity index (χ0n) is 11.2. The molecule has 0 radical (unpaired) electrons. The molecule has 0 amide bonds. The number of hydrogen-bond donors (Lipinski definition) is 1. The fourth-order valence-electron chi connectivity index (χ4n) is 1.95. The van der Waals surface area contributed by atoms with Gasteiger partial charge in [-0.2, -0.15) is 5.26 Å². The minimum absolute atomic E-state index is 0.0843. The molecule has 0 atom stereocenters. The van der Waals surface area contributed by atoms with Crippen LogP contribution in [0.1, 0.15) is 16.1 Å². The summed E-state index contributed by atoms with van der Waals surface area (Å²) in [4.78, 5) is 22.2. The van der Waals surface area contributed by atoms with E-state index in [1.54, 1.807) is 6.07 Å². The summed E-state index contributed by atoms with van der Waals surface area (Å²) in [5, 5.41) is 20.1. The molecule has 0 saturated heterocycles. The van der Waals surface area contributed by atoms with E-state index >= 15 is 0 Å². The number of methoxy groups -OCH3 is 1. The molecular weight excluding hydrogens is 295 g/mol.